The molecular weight excluding hydrogens is 326 g/mol. The van der Waals surface area contributed by atoms with E-state index in [9.17, 15) is 0 Å². The minimum atomic E-state index is 0.575. The molecule has 0 spiro atoms. The number of aromatic nitrogens is 5. The molecule has 0 radical (unpaired) electrons. The molecule has 0 bridgehead atoms. The minimum Gasteiger partial charge on any atom is -0.364 e. The van der Waals surface area contributed by atoms with Crippen LogP contribution in [0.4, 0.5) is 11.6 Å². The first-order chi connectivity index (χ1) is 12.7. The van der Waals surface area contributed by atoms with Crippen LogP contribution < -0.4 is 10.2 Å². The summed E-state index contributed by atoms with van der Waals surface area (Å²) in [7, 11) is 3.96. The van der Waals surface area contributed by atoms with E-state index in [4.69, 9.17) is 0 Å². The van der Waals surface area contributed by atoms with Crippen molar-refractivity contribution in [3.8, 4) is 11.1 Å². The number of fused-ring (bicyclic) bond motifs is 1. The smallest absolute Gasteiger partial charge is 0.143 e. The summed E-state index contributed by atoms with van der Waals surface area (Å²) in [5.74, 6) is 1.70. The van der Waals surface area contributed by atoms with Crippen LogP contribution in [-0.4, -0.2) is 39.0 Å². The van der Waals surface area contributed by atoms with Crippen molar-refractivity contribution in [2.75, 3.05) is 24.3 Å². The van der Waals surface area contributed by atoms with E-state index in [1.165, 1.54) is 0 Å². The van der Waals surface area contributed by atoms with E-state index < -0.39 is 0 Å². The number of H-pyrrole nitrogens is 1. The normalized spacial score (nSPS) is 10.8. The number of aromatic amines is 1. The molecule has 0 unspecified atom stereocenters. The Morgan fingerprint density at radius 2 is 2.04 bits per heavy atom. The number of nitrogens with zero attached hydrogens (tertiary/aromatic N) is 5. The molecule has 0 saturated heterocycles. The van der Waals surface area contributed by atoms with Crippen LogP contribution in [0.2, 0.25) is 0 Å². The molecule has 0 saturated carbocycles. The summed E-state index contributed by atoms with van der Waals surface area (Å²) in [5, 5.41) is 4.34. The molecular formula is C19H19N7. The summed E-state index contributed by atoms with van der Waals surface area (Å²) in [6.45, 7) is 0.575. The van der Waals surface area contributed by atoms with Gasteiger partial charge in [-0.3, -0.25) is 4.98 Å². The number of hydrogen-bond donors (Lipinski definition) is 2. The van der Waals surface area contributed by atoms with E-state index >= 15 is 0 Å². The van der Waals surface area contributed by atoms with E-state index in [1.54, 1.807) is 12.5 Å². The number of hydrogen-bond acceptors (Lipinski definition) is 6. The highest BCUT2D eigenvalue weighted by Crippen LogP contribution is 2.31. The van der Waals surface area contributed by atoms with Gasteiger partial charge in [0.2, 0.25) is 0 Å². The largest absolute Gasteiger partial charge is 0.364 e. The molecule has 2 N–H and O–H groups in total. The van der Waals surface area contributed by atoms with Crippen LogP contribution >= 0.6 is 0 Å². The van der Waals surface area contributed by atoms with Gasteiger partial charge in [0.1, 0.15) is 23.6 Å². The van der Waals surface area contributed by atoms with Gasteiger partial charge in [0.05, 0.1) is 17.6 Å². The van der Waals surface area contributed by atoms with Crippen LogP contribution in [0.15, 0.2) is 55.2 Å². The Labute approximate surface area is 151 Å². The van der Waals surface area contributed by atoms with Crippen molar-refractivity contribution in [1.82, 2.24) is 24.9 Å². The lowest BCUT2D eigenvalue weighted by molar-refractivity contribution is 0.988. The van der Waals surface area contributed by atoms with Crippen LogP contribution in [0.3, 0.4) is 0 Å². The second kappa shape index (κ2) is 6.79. The maximum atomic E-state index is 4.64. The molecule has 7 nitrogen and oxygen atoms in total. The third kappa shape index (κ3) is 3.06. The first-order valence-corrected chi connectivity index (χ1v) is 8.32. The van der Waals surface area contributed by atoms with Crippen molar-refractivity contribution in [1.29, 1.82) is 0 Å². The fourth-order valence-electron chi connectivity index (χ4n) is 2.84. The molecule has 0 aliphatic heterocycles. The Kier molecular flexibility index (Phi) is 4.18. The van der Waals surface area contributed by atoms with Gasteiger partial charge in [-0.05, 0) is 18.2 Å². The van der Waals surface area contributed by atoms with Gasteiger partial charge in [-0.25, -0.2) is 15.0 Å². The minimum absolute atomic E-state index is 0.575. The predicted molar refractivity (Wildman–Crippen MR) is 103 cm³/mol. The van der Waals surface area contributed by atoms with Crippen molar-refractivity contribution in [2.45, 2.75) is 6.54 Å². The fraction of sp³-hybridized carbons (Fsp3) is 0.158. The van der Waals surface area contributed by atoms with Crippen molar-refractivity contribution >= 4 is 22.7 Å². The molecule has 0 aliphatic rings. The number of nitrogens with one attached hydrogen (secondary N) is 2. The van der Waals surface area contributed by atoms with Crippen molar-refractivity contribution in [3.05, 3.63) is 60.9 Å². The summed E-state index contributed by atoms with van der Waals surface area (Å²) in [6.07, 6.45) is 7.09. The second-order valence-electron chi connectivity index (χ2n) is 6.13. The molecule has 4 heterocycles. The first-order valence-electron chi connectivity index (χ1n) is 8.32. The maximum absolute atomic E-state index is 4.64. The molecule has 26 heavy (non-hydrogen) atoms. The highest BCUT2D eigenvalue weighted by Gasteiger charge is 2.13. The van der Waals surface area contributed by atoms with Crippen molar-refractivity contribution < 1.29 is 0 Å². The molecule has 0 aliphatic carbocycles. The second-order valence-corrected chi connectivity index (χ2v) is 6.13. The Morgan fingerprint density at radius 1 is 1.12 bits per heavy atom. The molecule has 4 aromatic rings. The monoisotopic (exact) mass is 345 g/mol. The average molecular weight is 345 g/mol. The quantitative estimate of drug-likeness (QED) is 0.578. The lowest BCUT2D eigenvalue weighted by atomic mass is 10.1. The SMILES string of the molecule is CN(C)c1cccc(CNc2ncnc3[nH]cc(-c4cccnc4)c23)n1. The third-order valence-electron chi connectivity index (χ3n) is 4.13. The lowest BCUT2D eigenvalue weighted by Crippen LogP contribution is -2.12. The van der Waals surface area contributed by atoms with Gasteiger partial charge < -0.3 is 15.2 Å². The van der Waals surface area contributed by atoms with Gasteiger partial charge in [-0.15, -0.1) is 0 Å². The lowest BCUT2D eigenvalue weighted by Gasteiger charge is -2.13. The van der Waals surface area contributed by atoms with Crippen LogP contribution in [0.1, 0.15) is 5.69 Å². The Balaban J connectivity index is 1.67. The fourth-order valence-corrected chi connectivity index (χ4v) is 2.84. The van der Waals surface area contributed by atoms with Crippen molar-refractivity contribution in [2.24, 2.45) is 0 Å². The van der Waals surface area contributed by atoms with Crippen LogP contribution in [-0.2, 0) is 6.54 Å². The summed E-state index contributed by atoms with van der Waals surface area (Å²) >= 11 is 0. The van der Waals surface area contributed by atoms with E-state index in [0.29, 0.717) is 6.54 Å². The van der Waals surface area contributed by atoms with Crippen LogP contribution in [0.5, 0.6) is 0 Å². The van der Waals surface area contributed by atoms with Gasteiger partial charge in [0.25, 0.3) is 0 Å². The van der Waals surface area contributed by atoms with E-state index in [0.717, 1.165) is 39.5 Å². The Bertz CT molecular complexity index is 1020. The van der Waals surface area contributed by atoms with Gasteiger partial charge in [0, 0.05) is 43.8 Å². The summed E-state index contributed by atoms with van der Waals surface area (Å²) < 4.78 is 0. The van der Waals surface area contributed by atoms with E-state index in [1.807, 2.05) is 61.7 Å². The van der Waals surface area contributed by atoms with Gasteiger partial charge in [-0.2, -0.15) is 0 Å². The Morgan fingerprint density at radius 3 is 2.85 bits per heavy atom. The molecule has 0 fully saturated rings. The van der Waals surface area contributed by atoms with Crippen LogP contribution in [0.25, 0.3) is 22.2 Å². The number of rotatable bonds is 5. The van der Waals surface area contributed by atoms with Gasteiger partial charge in [-0.1, -0.05) is 12.1 Å². The third-order valence-corrected chi connectivity index (χ3v) is 4.13. The van der Waals surface area contributed by atoms with Gasteiger partial charge in [0.15, 0.2) is 0 Å². The molecule has 0 atom stereocenters. The van der Waals surface area contributed by atoms with Gasteiger partial charge >= 0.3 is 0 Å². The molecule has 130 valence electrons. The zero-order chi connectivity index (χ0) is 17.9. The predicted octanol–water partition coefficient (Wildman–Crippen LogP) is 3.09. The topological polar surface area (TPSA) is 82.6 Å². The van der Waals surface area contributed by atoms with E-state index in [-0.39, 0.29) is 0 Å². The highest BCUT2D eigenvalue weighted by atomic mass is 15.1. The molecule has 4 aromatic heterocycles. The first kappa shape index (κ1) is 16.0. The number of pyridine rings is 2. The summed E-state index contributed by atoms with van der Waals surface area (Å²) in [6, 6.07) is 9.93. The van der Waals surface area contributed by atoms with Crippen molar-refractivity contribution in [3.63, 3.8) is 0 Å². The highest BCUT2D eigenvalue weighted by molar-refractivity contribution is 6.00. The zero-order valence-electron chi connectivity index (χ0n) is 14.6. The van der Waals surface area contributed by atoms with E-state index in [2.05, 4.69) is 30.2 Å². The molecule has 0 aromatic carbocycles. The molecule has 4 rings (SSSR count). The number of anilines is 2. The average Bonchev–Trinajstić information content (AvgIpc) is 3.12. The summed E-state index contributed by atoms with van der Waals surface area (Å²) in [4.78, 5) is 22.8. The summed E-state index contributed by atoms with van der Waals surface area (Å²) in [5.41, 5.74) is 3.77. The standard InChI is InChI=1S/C19H19N7/c1-26(2)16-7-3-6-14(25-16)10-21-18-17-15(13-5-4-8-20-9-13)11-22-19(17)24-12-23-18/h3-9,11-12H,10H2,1-2H3,(H2,21,22,23,24). The Hall–Kier alpha value is -3.48. The molecule has 7 heteroatoms. The molecule has 0 amide bonds. The van der Waals surface area contributed by atoms with Crippen LogP contribution in [0, 0.1) is 0 Å². The zero-order valence-corrected chi connectivity index (χ0v) is 14.6. The maximum Gasteiger partial charge on any atom is 0.143 e.